The van der Waals surface area contributed by atoms with Crippen molar-refractivity contribution < 1.29 is 0 Å². The number of hydrogen-bond donors (Lipinski definition) is 1. The zero-order valence-electron chi connectivity index (χ0n) is 15.6. The molecule has 0 aliphatic rings. The van der Waals surface area contributed by atoms with Gasteiger partial charge >= 0.3 is 5.69 Å². The lowest BCUT2D eigenvalue weighted by Crippen LogP contribution is -2.34. The predicted molar refractivity (Wildman–Crippen MR) is 105 cm³/mol. The largest absolute Gasteiger partial charge is 0.329 e. The highest BCUT2D eigenvalue weighted by molar-refractivity contribution is 7.99. The Morgan fingerprint density at radius 3 is 2.32 bits per heavy atom. The second-order valence-corrected chi connectivity index (χ2v) is 7.61. The second-order valence-electron chi connectivity index (χ2n) is 6.55. The van der Waals surface area contributed by atoms with Crippen LogP contribution in [-0.2, 0) is 6.54 Å². The minimum Gasteiger partial charge on any atom is -0.284 e. The first-order chi connectivity index (χ1) is 11.8. The van der Waals surface area contributed by atoms with Crippen LogP contribution >= 0.6 is 11.8 Å². The number of benzene rings is 1. The highest BCUT2D eigenvalue weighted by Crippen LogP contribution is 2.32. The van der Waals surface area contributed by atoms with Gasteiger partial charge in [0.25, 0.3) is 5.56 Å². The zero-order chi connectivity index (χ0) is 18.6. The molecule has 4 nitrogen and oxygen atoms in total. The molecule has 2 aromatic rings. The third-order valence-electron chi connectivity index (χ3n) is 3.86. The number of allylic oxidation sites excluding steroid dienone is 2. The summed E-state index contributed by atoms with van der Waals surface area (Å²) in [5, 5.41) is 0.731. The Balaban J connectivity index is 2.64. The quantitative estimate of drug-likeness (QED) is 0.615. The highest BCUT2D eigenvalue weighted by Gasteiger charge is 2.18. The van der Waals surface area contributed by atoms with Crippen LogP contribution in [0.1, 0.15) is 49.8 Å². The van der Waals surface area contributed by atoms with Crippen molar-refractivity contribution in [1.29, 1.82) is 0 Å². The fourth-order valence-corrected chi connectivity index (χ4v) is 4.22. The lowest BCUT2D eigenvalue weighted by Gasteiger charge is -2.17. The van der Waals surface area contributed by atoms with Gasteiger partial charge < -0.3 is 0 Å². The van der Waals surface area contributed by atoms with Gasteiger partial charge in [0.2, 0.25) is 0 Å². The average Bonchev–Trinajstić information content (AvgIpc) is 2.48. The maximum atomic E-state index is 12.4. The van der Waals surface area contributed by atoms with Crippen LogP contribution in [0.4, 0.5) is 0 Å². The topological polar surface area (TPSA) is 54.9 Å². The minimum absolute atomic E-state index is 0.0270. The Hall–Kier alpha value is -2.01. The molecule has 0 bridgehead atoms. The van der Waals surface area contributed by atoms with Gasteiger partial charge in [0, 0.05) is 11.4 Å². The number of nitrogens with zero attached hydrogens (tertiary/aromatic N) is 1. The van der Waals surface area contributed by atoms with Crippen LogP contribution in [0, 0.1) is 13.8 Å². The molecule has 25 heavy (non-hydrogen) atoms. The van der Waals surface area contributed by atoms with Crippen LogP contribution in [0.5, 0.6) is 0 Å². The summed E-state index contributed by atoms with van der Waals surface area (Å²) in [6.45, 7) is 10.6. The molecule has 0 atom stereocenters. The van der Waals surface area contributed by atoms with Crippen molar-refractivity contribution in [3.05, 3.63) is 67.9 Å². The van der Waals surface area contributed by atoms with E-state index in [1.165, 1.54) is 22.9 Å². The van der Waals surface area contributed by atoms with E-state index in [1.807, 2.05) is 26.0 Å². The van der Waals surface area contributed by atoms with Gasteiger partial charge in [-0.15, -0.1) is 0 Å². The number of nitrogens with one attached hydrogen (secondary N) is 1. The molecule has 0 amide bonds. The monoisotopic (exact) mass is 358 g/mol. The Morgan fingerprint density at radius 1 is 1.12 bits per heavy atom. The Kier molecular flexibility index (Phi) is 6.48. The molecule has 0 radical (unpaired) electrons. The number of H-pyrrole nitrogens is 1. The third-order valence-corrected chi connectivity index (χ3v) is 4.97. The Bertz CT molecular complexity index is 871. The van der Waals surface area contributed by atoms with Crippen molar-refractivity contribution in [3.63, 3.8) is 0 Å². The number of aromatic nitrogens is 2. The van der Waals surface area contributed by atoms with Crippen LogP contribution < -0.4 is 11.2 Å². The van der Waals surface area contributed by atoms with Crippen LogP contribution in [0.2, 0.25) is 0 Å². The molecule has 1 aromatic carbocycles. The molecule has 0 aliphatic heterocycles. The van der Waals surface area contributed by atoms with Gasteiger partial charge in [-0.3, -0.25) is 14.3 Å². The molecule has 0 spiro atoms. The number of hydrogen-bond acceptors (Lipinski definition) is 3. The molecule has 1 aromatic heterocycles. The summed E-state index contributed by atoms with van der Waals surface area (Å²) in [6, 6.07) is 6.28. The van der Waals surface area contributed by atoms with Gasteiger partial charge in [0.05, 0.1) is 10.6 Å². The molecule has 0 unspecified atom stereocenters. The molecule has 0 saturated heterocycles. The van der Waals surface area contributed by atoms with E-state index in [9.17, 15) is 9.59 Å². The molecule has 0 aliphatic carbocycles. The summed E-state index contributed by atoms with van der Waals surface area (Å²) in [4.78, 5) is 28.3. The van der Waals surface area contributed by atoms with E-state index in [1.54, 1.807) is 4.57 Å². The van der Waals surface area contributed by atoms with E-state index < -0.39 is 0 Å². The van der Waals surface area contributed by atoms with Crippen LogP contribution in [0.15, 0.2) is 49.9 Å². The first kappa shape index (κ1) is 19.3. The van der Waals surface area contributed by atoms with Crippen LogP contribution in [-0.4, -0.2) is 9.55 Å². The van der Waals surface area contributed by atoms with E-state index >= 15 is 0 Å². The molecule has 1 heterocycles. The Labute approximate surface area is 153 Å². The first-order valence-corrected chi connectivity index (χ1v) is 9.43. The summed E-state index contributed by atoms with van der Waals surface area (Å²) < 4.78 is 1.66. The van der Waals surface area contributed by atoms with E-state index in [0.717, 1.165) is 16.3 Å². The van der Waals surface area contributed by atoms with Crippen molar-refractivity contribution in [3.8, 4) is 0 Å². The van der Waals surface area contributed by atoms with Crippen molar-refractivity contribution in [2.45, 2.75) is 63.4 Å². The van der Waals surface area contributed by atoms with E-state index in [2.05, 4.69) is 44.0 Å². The molecule has 1 N–H and O–H groups in total. The lowest BCUT2D eigenvalue weighted by atomic mass is 10.1. The van der Waals surface area contributed by atoms with Gasteiger partial charge in [0.15, 0.2) is 0 Å². The standard InChI is InChI=1S/C20H26N2O2S/c1-6-7-8-9-22-19(17(13(2)3)18(23)21-20(22)24)25-16-11-14(4)10-15(5)12-16/h7-8,10-13H,6,9H2,1-5H3,(H,21,23,24)/b8-7+. The smallest absolute Gasteiger partial charge is 0.284 e. The maximum absolute atomic E-state index is 12.4. The van der Waals surface area contributed by atoms with E-state index in [0.29, 0.717) is 12.1 Å². The SMILES string of the molecule is CC/C=C/Cn1c(Sc2cc(C)cc(C)c2)c(C(C)C)c(=O)[nH]c1=O. The van der Waals surface area contributed by atoms with Crippen molar-refractivity contribution >= 4 is 11.8 Å². The normalized spacial score (nSPS) is 11.6. The fourth-order valence-electron chi connectivity index (χ4n) is 2.80. The molecule has 134 valence electrons. The number of aromatic amines is 1. The zero-order valence-corrected chi connectivity index (χ0v) is 16.4. The second kappa shape index (κ2) is 8.39. The summed E-state index contributed by atoms with van der Waals surface area (Å²) in [7, 11) is 0. The summed E-state index contributed by atoms with van der Waals surface area (Å²) in [6.07, 6.45) is 4.90. The van der Waals surface area contributed by atoms with Gasteiger partial charge in [-0.05, 0) is 49.4 Å². The minimum atomic E-state index is -0.359. The summed E-state index contributed by atoms with van der Waals surface area (Å²) in [5.41, 5.74) is 2.34. The summed E-state index contributed by atoms with van der Waals surface area (Å²) >= 11 is 1.49. The highest BCUT2D eigenvalue weighted by atomic mass is 32.2. The Morgan fingerprint density at radius 2 is 1.76 bits per heavy atom. The van der Waals surface area contributed by atoms with Gasteiger partial charge in [-0.2, -0.15) is 0 Å². The van der Waals surface area contributed by atoms with Gasteiger partial charge in [0.1, 0.15) is 0 Å². The van der Waals surface area contributed by atoms with Crippen molar-refractivity contribution in [2.75, 3.05) is 0 Å². The third kappa shape index (κ3) is 4.75. The number of rotatable bonds is 6. The fraction of sp³-hybridized carbons (Fsp3) is 0.400. The lowest BCUT2D eigenvalue weighted by molar-refractivity contribution is 0.625. The van der Waals surface area contributed by atoms with Gasteiger partial charge in [-0.1, -0.05) is 50.8 Å². The maximum Gasteiger partial charge on any atom is 0.329 e. The van der Waals surface area contributed by atoms with E-state index in [-0.39, 0.29) is 17.2 Å². The molecular weight excluding hydrogens is 332 g/mol. The van der Waals surface area contributed by atoms with Crippen molar-refractivity contribution in [1.82, 2.24) is 9.55 Å². The van der Waals surface area contributed by atoms with E-state index in [4.69, 9.17) is 0 Å². The molecule has 5 heteroatoms. The van der Waals surface area contributed by atoms with Crippen LogP contribution in [0.3, 0.4) is 0 Å². The first-order valence-electron chi connectivity index (χ1n) is 8.61. The molecule has 2 rings (SSSR count). The number of aryl methyl sites for hydroxylation is 2. The molecular formula is C20H26N2O2S. The average molecular weight is 359 g/mol. The van der Waals surface area contributed by atoms with Crippen LogP contribution in [0.25, 0.3) is 0 Å². The predicted octanol–water partition coefficient (Wildman–Crippen LogP) is 4.39. The van der Waals surface area contributed by atoms with Crippen molar-refractivity contribution in [2.24, 2.45) is 0 Å². The molecule has 0 fully saturated rings. The summed E-state index contributed by atoms with van der Waals surface area (Å²) in [5.74, 6) is 0.0270. The van der Waals surface area contributed by atoms with Gasteiger partial charge in [-0.25, -0.2) is 4.79 Å². The molecule has 0 saturated carbocycles.